The first-order chi connectivity index (χ1) is 10.6. The SMILES string of the molecule is O=C(CCc1cn(-c2ccc(I)cc2)cn1)c1ccc(Cl)s1. The van der Waals surface area contributed by atoms with Crippen LogP contribution in [0.4, 0.5) is 0 Å². The maximum Gasteiger partial charge on any atom is 0.173 e. The first-order valence-electron chi connectivity index (χ1n) is 6.69. The second kappa shape index (κ2) is 6.93. The van der Waals surface area contributed by atoms with E-state index >= 15 is 0 Å². The van der Waals surface area contributed by atoms with E-state index in [1.165, 1.54) is 14.9 Å². The zero-order valence-corrected chi connectivity index (χ0v) is 15.2. The molecule has 3 rings (SSSR count). The number of rotatable bonds is 5. The number of Topliss-reactive ketones (excluding diaryl/α,β-unsaturated/α-hetero) is 1. The molecular formula is C16H12ClIN2OS. The molecule has 0 spiro atoms. The van der Waals surface area contributed by atoms with Gasteiger partial charge in [-0.15, -0.1) is 11.3 Å². The smallest absolute Gasteiger partial charge is 0.173 e. The zero-order chi connectivity index (χ0) is 15.5. The number of nitrogens with zero attached hydrogens (tertiary/aromatic N) is 2. The van der Waals surface area contributed by atoms with Crippen LogP contribution in [0.1, 0.15) is 21.8 Å². The van der Waals surface area contributed by atoms with Gasteiger partial charge in [-0.25, -0.2) is 4.98 Å². The average molecular weight is 443 g/mol. The minimum Gasteiger partial charge on any atom is -0.306 e. The molecule has 112 valence electrons. The lowest BCUT2D eigenvalue weighted by Crippen LogP contribution is -1.98. The molecule has 3 nitrogen and oxygen atoms in total. The van der Waals surface area contributed by atoms with Crippen molar-refractivity contribution in [3.8, 4) is 5.69 Å². The predicted octanol–water partition coefficient (Wildman–Crippen LogP) is 5.01. The number of carbonyl (C=O) groups excluding carboxylic acids is 1. The third-order valence-electron chi connectivity index (χ3n) is 3.22. The van der Waals surface area contributed by atoms with Crippen LogP contribution in [0.2, 0.25) is 4.34 Å². The zero-order valence-electron chi connectivity index (χ0n) is 11.5. The standard InChI is InChI=1S/C16H12ClIN2OS/c17-16-8-7-15(22-16)14(21)6-3-12-9-20(10-19-12)13-4-1-11(18)2-5-13/h1-2,4-5,7-10H,3,6H2. The molecule has 2 heterocycles. The number of imidazole rings is 1. The highest BCUT2D eigenvalue weighted by atomic mass is 127. The van der Waals surface area contributed by atoms with Gasteiger partial charge >= 0.3 is 0 Å². The summed E-state index contributed by atoms with van der Waals surface area (Å²) in [5, 5.41) is 0. The van der Waals surface area contributed by atoms with E-state index < -0.39 is 0 Å². The summed E-state index contributed by atoms with van der Waals surface area (Å²) in [7, 11) is 0. The van der Waals surface area contributed by atoms with E-state index in [1.807, 2.05) is 22.9 Å². The van der Waals surface area contributed by atoms with Crippen LogP contribution in [-0.2, 0) is 6.42 Å². The second-order valence-electron chi connectivity index (χ2n) is 4.78. The van der Waals surface area contributed by atoms with Crippen LogP contribution >= 0.6 is 45.5 Å². The Morgan fingerprint density at radius 2 is 2.00 bits per heavy atom. The van der Waals surface area contributed by atoms with Crippen molar-refractivity contribution in [2.75, 3.05) is 0 Å². The van der Waals surface area contributed by atoms with Gasteiger partial charge in [-0.3, -0.25) is 4.79 Å². The molecular weight excluding hydrogens is 431 g/mol. The first kappa shape index (κ1) is 15.7. The summed E-state index contributed by atoms with van der Waals surface area (Å²) in [5.74, 6) is 0.112. The van der Waals surface area contributed by atoms with Crippen molar-refractivity contribution in [1.82, 2.24) is 9.55 Å². The fourth-order valence-corrected chi connectivity index (χ4v) is 3.45. The lowest BCUT2D eigenvalue weighted by molar-refractivity contribution is 0.0986. The minimum absolute atomic E-state index is 0.112. The van der Waals surface area contributed by atoms with Crippen molar-refractivity contribution in [3.05, 3.63) is 67.4 Å². The van der Waals surface area contributed by atoms with Gasteiger partial charge in [-0.05, 0) is 65.4 Å². The third kappa shape index (κ3) is 3.77. The predicted molar refractivity (Wildman–Crippen MR) is 98.3 cm³/mol. The molecule has 22 heavy (non-hydrogen) atoms. The Morgan fingerprint density at radius 3 is 2.68 bits per heavy atom. The van der Waals surface area contributed by atoms with Gasteiger partial charge in [0.1, 0.15) is 0 Å². The van der Waals surface area contributed by atoms with Crippen LogP contribution in [0.3, 0.4) is 0 Å². The summed E-state index contributed by atoms with van der Waals surface area (Å²) < 4.78 is 3.81. The van der Waals surface area contributed by atoms with Crippen LogP contribution in [0.5, 0.6) is 0 Å². The van der Waals surface area contributed by atoms with E-state index in [4.69, 9.17) is 11.6 Å². The molecule has 1 aromatic carbocycles. The molecule has 6 heteroatoms. The van der Waals surface area contributed by atoms with Gasteiger partial charge in [0.25, 0.3) is 0 Å². The molecule has 0 unspecified atom stereocenters. The number of aromatic nitrogens is 2. The average Bonchev–Trinajstić information content (AvgIpc) is 3.15. The quantitative estimate of drug-likeness (QED) is 0.411. The van der Waals surface area contributed by atoms with E-state index in [1.54, 1.807) is 18.5 Å². The first-order valence-corrected chi connectivity index (χ1v) is 8.96. The monoisotopic (exact) mass is 442 g/mol. The summed E-state index contributed by atoms with van der Waals surface area (Å²) in [5.41, 5.74) is 1.98. The van der Waals surface area contributed by atoms with Crippen LogP contribution < -0.4 is 0 Å². The van der Waals surface area contributed by atoms with Gasteiger partial charge in [0, 0.05) is 21.9 Å². The number of ketones is 1. The number of hydrogen-bond acceptors (Lipinski definition) is 3. The van der Waals surface area contributed by atoms with Gasteiger partial charge in [-0.1, -0.05) is 11.6 Å². The van der Waals surface area contributed by atoms with E-state index in [2.05, 4.69) is 39.7 Å². The molecule has 0 radical (unpaired) electrons. The summed E-state index contributed by atoms with van der Waals surface area (Å²) >= 11 is 9.46. The van der Waals surface area contributed by atoms with Crippen molar-refractivity contribution in [1.29, 1.82) is 0 Å². The highest BCUT2D eigenvalue weighted by Gasteiger charge is 2.10. The Morgan fingerprint density at radius 1 is 1.23 bits per heavy atom. The lowest BCUT2D eigenvalue weighted by atomic mass is 10.1. The molecule has 0 bridgehead atoms. The Balaban J connectivity index is 1.64. The van der Waals surface area contributed by atoms with Gasteiger partial charge in [0.2, 0.25) is 0 Å². The van der Waals surface area contributed by atoms with Crippen molar-refractivity contribution in [2.45, 2.75) is 12.8 Å². The number of carbonyl (C=O) groups is 1. The van der Waals surface area contributed by atoms with Crippen molar-refractivity contribution >= 4 is 51.3 Å². The maximum absolute atomic E-state index is 12.1. The molecule has 0 aliphatic heterocycles. The normalized spacial score (nSPS) is 10.8. The van der Waals surface area contributed by atoms with E-state index in [9.17, 15) is 4.79 Å². The van der Waals surface area contributed by atoms with Crippen LogP contribution in [0, 0.1) is 3.57 Å². The van der Waals surface area contributed by atoms with E-state index in [0.717, 1.165) is 11.4 Å². The van der Waals surface area contributed by atoms with E-state index in [0.29, 0.717) is 22.1 Å². The summed E-state index contributed by atoms with van der Waals surface area (Å²) in [6.45, 7) is 0. The maximum atomic E-state index is 12.1. The Kier molecular flexibility index (Phi) is 4.95. The van der Waals surface area contributed by atoms with E-state index in [-0.39, 0.29) is 5.78 Å². The van der Waals surface area contributed by atoms with Crippen LogP contribution in [-0.4, -0.2) is 15.3 Å². The van der Waals surface area contributed by atoms with Crippen molar-refractivity contribution in [2.24, 2.45) is 0 Å². The fourth-order valence-electron chi connectivity index (χ4n) is 2.08. The highest BCUT2D eigenvalue weighted by Crippen LogP contribution is 2.23. The largest absolute Gasteiger partial charge is 0.306 e. The number of aryl methyl sites for hydroxylation is 1. The fraction of sp³-hybridized carbons (Fsp3) is 0.125. The van der Waals surface area contributed by atoms with Crippen LogP contribution in [0.25, 0.3) is 5.69 Å². The molecule has 0 amide bonds. The molecule has 0 aliphatic carbocycles. The molecule has 0 N–H and O–H groups in total. The molecule has 0 aliphatic rings. The molecule has 0 fully saturated rings. The Hall–Kier alpha value is -1.18. The second-order valence-corrected chi connectivity index (χ2v) is 7.74. The number of thiophene rings is 1. The lowest BCUT2D eigenvalue weighted by Gasteiger charge is -2.01. The summed E-state index contributed by atoms with van der Waals surface area (Å²) in [4.78, 5) is 17.1. The molecule has 3 aromatic rings. The summed E-state index contributed by atoms with van der Waals surface area (Å²) in [6, 6.07) is 11.7. The van der Waals surface area contributed by atoms with Gasteiger partial charge in [-0.2, -0.15) is 0 Å². The van der Waals surface area contributed by atoms with Crippen LogP contribution in [0.15, 0.2) is 48.9 Å². The van der Waals surface area contributed by atoms with Gasteiger partial charge in [0.05, 0.1) is 21.2 Å². The molecule has 2 aromatic heterocycles. The number of benzene rings is 1. The minimum atomic E-state index is 0.112. The Labute approximate surface area is 151 Å². The van der Waals surface area contributed by atoms with Crippen molar-refractivity contribution < 1.29 is 4.79 Å². The molecule has 0 saturated carbocycles. The third-order valence-corrected chi connectivity index (χ3v) is 5.21. The highest BCUT2D eigenvalue weighted by molar-refractivity contribution is 14.1. The molecule has 0 saturated heterocycles. The van der Waals surface area contributed by atoms with Gasteiger partial charge < -0.3 is 4.57 Å². The topological polar surface area (TPSA) is 34.9 Å². The Bertz CT molecular complexity index is 795. The number of hydrogen-bond donors (Lipinski definition) is 0. The summed E-state index contributed by atoms with van der Waals surface area (Å²) in [6.07, 6.45) is 4.83. The van der Waals surface area contributed by atoms with Gasteiger partial charge in [0.15, 0.2) is 5.78 Å². The number of halogens is 2. The molecule has 0 atom stereocenters. The van der Waals surface area contributed by atoms with Crippen molar-refractivity contribution in [3.63, 3.8) is 0 Å².